The zero-order valence-corrected chi connectivity index (χ0v) is 25.7. The number of rotatable bonds is 11. The SMILES string of the molecule is CN(CC(=O)N(Cc1ccc(Cl)cc1)C(Cc1ccccc1)C(=O)NC1CCCC1)S(=O)(=O)c1ccc2ccccc2c1. The predicted molar refractivity (Wildman–Crippen MR) is 170 cm³/mol. The van der Waals surface area contributed by atoms with Crippen LogP contribution in [0.5, 0.6) is 0 Å². The molecule has 1 aliphatic carbocycles. The molecular formula is C34H36ClN3O4S. The molecule has 224 valence electrons. The van der Waals surface area contributed by atoms with Gasteiger partial charge in [-0.05, 0) is 59.0 Å². The van der Waals surface area contributed by atoms with Crippen LogP contribution in [0, 0.1) is 0 Å². The molecule has 1 atom stereocenters. The summed E-state index contributed by atoms with van der Waals surface area (Å²) < 4.78 is 28.3. The van der Waals surface area contributed by atoms with Crippen LogP contribution in [0.4, 0.5) is 0 Å². The molecule has 1 saturated carbocycles. The third-order valence-electron chi connectivity index (χ3n) is 8.03. The van der Waals surface area contributed by atoms with Gasteiger partial charge in [-0.1, -0.05) is 97.2 Å². The molecule has 5 rings (SSSR count). The van der Waals surface area contributed by atoms with Gasteiger partial charge in [0, 0.05) is 31.1 Å². The highest BCUT2D eigenvalue weighted by molar-refractivity contribution is 7.89. The molecule has 0 aromatic heterocycles. The van der Waals surface area contributed by atoms with Gasteiger partial charge in [0.05, 0.1) is 11.4 Å². The number of hydrogen-bond donors (Lipinski definition) is 1. The fourth-order valence-electron chi connectivity index (χ4n) is 5.58. The molecule has 2 amide bonds. The lowest BCUT2D eigenvalue weighted by molar-refractivity contribution is -0.141. The van der Waals surface area contributed by atoms with Crippen LogP contribution in [0.1, 0.15) is 36.8 Å². The number of fused-ring (bicyclic) bond motifs is 1. The van der Waals surface area contributed by atoms with Gasteiger partial charge in [-0.2, -0.15) is 4.31 Å². The number of nitrogens with one attached hydrogen (secondary N) is 1. The summed E-state index contributed by atoms with van der Waals surface area (Å²) in [6.07, 6.45) is 4.21. The quantitative estimate of drug-likeness (QED) is 0.230. The van der Waals surface area contributed by atoms with Gasteiger partial charge < -0.3 is 10.2 Å². The first-order valence-corrected chi connectivity index (χ1v) is 16.4. The van der Waals surface area contributed by atoms with Crippen LogP contribution >= 0.6 is 11.6 Å². The van der Waals surface area contributed by atoms with E-state index in [4.69, 9.17) is 11.6 Å². The lowest BCUT2D eigenvalue weighted by atomic mass is 10.0. The van der Waals surface area contributed by atoms with E-state index in [1.807, 2.05) is 66.7 Å². The molecule has 4 aromatic rings. The maximum atomic E-state index is 14.1. The lowest BCUT2D eigenvalue weighted by Gasteiger charge is -2.33. The van der Waals surface area contributed by atoms with Crippen molar-refractivity contribution in [1.29, 1.82) is 0 Å². The zero-order valence-electron chi connectivity index (χ0n) is 24.2. The Bertz CT molecular complexity index is 1670. The van der Waals surface area contributed by atoms with E-state index in [1.165, 1.54) is 11.9 Å². The Morgan fingerprint density at radius 1 is 0.860 bits per heavy atom. The van der Waals surface area contributed by atoms with Crippen LogP contribution in [-0.2, 0) is 32.6 Å². The molecule has 43 heavy (non-hydrogen) atoms. The fourth-order valence-corrected chi connectivity index (χ4v) is 6.86. The Kier molecular flexibility index (Phi) is 9.80. The molecule has 0 radical (unpaired) electrons. The van der Waals surface area contributed by atoms with Gasteiger partial charge in [0.15, 0.2) is 0 Å². The zero-order chi connectivity index (χ0) is 30.4. The highest BCUT2D eigenvalue weighted by atomic mass is 35.5. The number of likely N-dealkylation sites (N-methyl/N-ethyl adjacent to an activating group) is 1. The maximum absolute atomic E-state index is 14.1. The Hall–Kier alpha value is -3.72. The van der Waals surface area contributed by atoms with Crippen molar-refractivity contribution < 1.29 is 18.0 Å². The van der Waals surface area contributed by atoms with Gasteiger partial charge in [0.25, 0.3) is 0 Å². The number of carbonyl (C=O) groups excluding carboxylic acids is 2. The highest BCUT2D eigenvalue weighted by Crippen LogP contribution is 2.23. The lowest BCUT2D eigenvalue weighted by Crippen LogP contribution is -2.54. The van der Waals surface area contributed by atoms with E-state index in [0.29, 0.717) is 11.4 Å². The molecule has 1 aliphatic rings. The molecule has 0 aliphatic heterocycles. The first-order chi connectivity index (χ1) is 20.7. The number of hydrogen-bond acceptors (Lipinski definition) is 4. The van der Waals surface area contributed by atoms with Crippen LogP contribution in [-0.4, -0.2) is 55.1 Å². The minimum atomic E-state index is -3.99. The Morgan fingerprint density at radius 3 is 2.21 bits per heavy atom. The van der Waals surface area contributed by atoms with Gasteiger partial charge in [0.1, 0.15) is 6.04 Å². The Labute approximate surface area is 258 Å². The number of carbonyl (C=O) groups is 2. The first kappa shape index (κ1) is 30.7. The molecule has 4 aromatic carbocycles. The molecule has 1 fully saturated rings. The van der Waals surface area contributed by atoms with Gasteiger partial charge in [-0.15, -0.1) is 0 Å². The van der Waals surface area contributed by atoms with Crippen molar-refractivity contribution in [3.8, 4) is 0 Å². The van der Waals surface area contributed by atoms with Crippen molar-refractivity contribution in [1.82, 2.24) is 14.5 Å². The van der Waals surface area contributed by atoms with Crippen molar-refractivity contribution in [3.63, 3.8) is 0 Å². The van der Waals surface area contributed by atoms with Crippen LogP contribution in [0.3, 0.4) is 0 Å². The van der Waals surface area contributed by atoms with E-state index >= 15 is 0 Å². The number of amides is 2. The molecule has 0 bridgehead atoms. The summed E-state index contributed by atoms with van der Waals surface area (Å²) in [4.78, 5) is 29.6. The second-order valence-electron chi connectivity index (χ2n) is 11.1. The summed E-state index contributed by atoms with van der Waals surface area (Å²) >= 11 is 6.12. The molecular weight excluding hydrogens is 582 g/mol. The topological polar surface area (TPSA) is 86.8 Å². The average molecular weight is 618 g/mol. The first-order valence-electron chi connectivity index (χ1n) is 14.5. The molecule has 7 nitrogen and oxygen atoms in total. The third-order valence-corrected chi connectivity index (χ3v) is 10.1. The van der Waals surface area contributed by atoms with Crippen molar-refractivity contribution in [2.75, 3.05) is 13.6 Å². The number of nitrogens with zero attached hydrogens (tertiary/aromatic N) is 2. The van der Waals surface area contributed by atoms with E-state index in [-0.39, 0.29) is 23.4 Å². The minimum Gasteiger partial charge on any atom is -0.352 e. The summed E-state index contributed by atoms with van der Waals surface area (Å²) in [6.45, 7) is -0.305. The van der Waals surface area contributed by atoms with Gasteiger partial charge in [0.2, 0.25) is 21.8 Å². The van der Waals surface area contributed by atoms with Crippen LogP contribution in [0.25, 0.3) is 10.8 Å². The largest absolute Gasteiger partial charge is 0.352 e. The van der Waals surface area contributed by atoms with Gasteiger partial charge in [-0.25, -0.2) is 8.42 Å². The third kappa shape index (κ3) is 7.63. The molecule has 9 heteroatoms. The number of halogens is 1. The van der Waals surface area contributed by atoms with E-state index in [9.17, 15) is 18.0 Å². The molecule has 1 unspecified atom stereocenters. The van der Waals surface area contributed by atoms with Crippen molar-refractivity contribution in [2.24, 2.45) is 0 Å². The maximum Gasteiger partial charge on any atom is 0.243 e. The van der Waals surface area contributed by atoms with E-state index < -0.39 is 28.5 Å². The molecule has 0 spiro atoms. The monoisotopic (exact) mass is 617 g/mol. The number of benzene rings is 4. The standard InChI is InChI=1S/C34H36ClN3O4S/c1-37(43(41,42)31-20-17-27-11-5-6-12-28(27)22-31)24-33(39)38(23-26-15-18-29(35)19-16-26)32(21-25-9-3-2-4-10-25)34(40)36-30-13-7-8-14-30/h2-6,9-12,15-20,22,30,32H,7-8,13-14,21,23-24H2,1H3,(H,36,40). The minimum absolute atomic E-state index is 0.0641. The van der Waals surface area contributed by atoms with E-state index in [1.54, 1.807) is 30.3 Å². The van der Waals surface area contributed by atoms with Crippen LogP contribution in [0.2, 0.25) is 5.02 Å². The van der Waals surface area contributed by atoms with Crippen molar-refractivity contribution >= 4 is 44.2 Å². The van der Waals surface area contributed by atoms with Crippen LogP contribution < -0.4 is 5.32 Å². The summed E-state index contributed by atoms with van der Waals surface area (Å²) in [5.41, 5.74) is 1.68. The smallest absolute Gasteiger partial charge is 0.243 e. The summed E-state index contributed by atoms with van der Waals surface area (Å²) in [5.74, 6) is -0.706. The van der Waals surface area contributed by atoms with Crippen molar-refractivity contribution in [2.45, 2.75) is 55.6 Å². The van der Waals surface area contributed by atoms with E-state index in [2.05, 4.69) is 5.32 Å². The summed E-state index contributed by atoms with van der Waals surface area (Å²) in [7, 11) is -2.60. The van der Waals surface area contributed by atoms with Crippen LogP contribution in [0.15, 0.2) is 102 Å². The average Bonchev–Trinajstić information content (AvgIpc) is 3.53. The van der Waals surface area contributed by atoms with E-state index in [0.717, 1.165) is 51.9 Å². The Balaban J connectivity index is 1.45. The highest BCUT2D eigenvalue weighted by Gasteiger charge is 2.34. The fraction of sp³-hybridized carbons (Fsp3) is 0.294. The molecule has 0 heterocycles. The summed E-state index contributed by atoms with van der Waals surface area (Å²) in [5, 5.41) is 5.44. The second kappa shape index (κ2) is 13.7. The Morgan fingerprint density at radius 2 is 1.51 bits per heavy atom. The van der Waals surface area contributed by atoms with Gasteiger partial charge in [-0.3, -0.25) is 9.59 Å². The predicted octanol–water partition coefficient (Wildman–Crippen LogP) is 5.81. The van der Waals surface area contributed by atoms with Gasteiger partial charge >= 0.3 is 0 Å². The number of sulfonamides is 1. The van der Waals surface area contributed by atoms with Crippen molar-refractivity contribution in [3.05, 3.63) is 113 Å². The summed E-state index contributed by atoms with van der Waals surface area (Å²) in [6, 6.07) is 28.3. The normalized spacial score (nSPS) is 14.6. The molecule has 0 saturated heterocycles. The second-order valence-corrected chi connectivity index (χ2v) is 13.6. The molecule has 1 N–H and O–H groups in total.